The summed E-state index contributed by atoms with van der Waals surface area (Å²) in [6, 6.07) is 14.9. The Balaban J connectivity index is 1.72. The quantitative estimate of drug-likeness (QED) is 0.902. The van der Waals surface area contributed by atoms with Crippen LogP contribution in [0.3, 0.4) is 0 Å². The molecule has 1 aliphatic rings. The van der Waals surface area contributed by atoms with Gasteiger partial charge in [-0.3, -0.25) is 9.88 Å². The summed E-state index contributed by atoms with van der Waals surface area (Å²) in [5, 5.41) is 3.61. The number of para-hydroxylation sites is 1. The lowest BCUT2D eigenvalue weighted by atomic mass is 10.1. The van der Waals surface area contributed by atoms with Gasteiger partial charge >= 0.3 is 0 Å². The van der Waals surface area contributed by atoms with Gasteiger partial charge in [0.05, 0.1) is 11.7 Å². The smallest absolute Gasteiger partial charge is 0.0657 e. The molecule has 110 valence electrons. The van der Waals surface area contributed by atoms with Crippen molar-refractivity contribution < 1.29 is 0 Å². The van der Waals surface area contributed by atoms with Gasteiger partial charge in [-0.2, -0.15) is 0 Å². The van der Waals surface area contributed by atoms with Crippen molar-refractivity contribution in [3.05, 3.63) is 59.9 Å². The number of nitrogens with zero attached hydrogens (tertiary/aromatic N) is 2. The van der Waals surface area contributed by atoms with Gasteiger partial charge in [0.2, 0.25) is 0 Å². The molecule has 1 N–H and O–H groups in total. The van der Waals surface area contributed by atoms with E-state index in [9.17, 15) is 0 Å². The molecule has 1 fully saturated rings. The van der Waals surface area contributed by atoms with Crippen molar-refractivity contribution in [2.75, 3.05) is 18.4 Å². The molecular formula is C18H23N3. The number of pyridine rings is 1. The first-order chi connectivity index (χ1) is 10.3. The highest BCUT2D eigenvalue weighted by atomic mass is 15.1. The largest absolute Gasteiger partial charge is 0.377 e. The third kappa shape index (κ3) is 3.61. The van der Waals surface area contributed by atoms with E-state index in [-0.39, 0.29) is 6.04 Å². The second kappa shape index (κ2) is 6.72. The molecule has 0 saturated carbocycles. The maximum atomic E-state index is 4.43. The van der Waals surface area contributed by atoms with Crippen LogP contribution in [0.4, 0.5) is 5.69 Å². The van der Waals surface area contributed by atoms with E-state index in [1.807, 2.05) is 18.3 Å². The number of benzene rings is 1. The predicted molar refractivity (Wildman–Crippen MR) is 87.2 cm³/mol. The van der Waals surface area contributed by atoms with Crippen LogP contribution in [0, 0.1) is 0 Å². The summed E-state index contributed by atoms with van der Waals surface area (Å²) < 4.78 is 0. The van der Waals surface area contributed by atoms with Crippen molar-refractivity contribution in [3.8, 4) is 0 Å². The lowest BCUT2D eigenvalue weighted by Gasteiger charge is -2.21. The van der Waals surface area contributed by atoms with Crippen LogP contribution in [0.1, 0.15) is 37.1 Å². The third-order valence-electron chi connectivity index (χ3n) is 4.11. The highest BCUT2D eigenvalue weighted by Gasteiger charge is 2.14. The normalized spacial score (nSPS) is 16.8. The lowest BCUT2D eigenvalue weighted by Crippen LogP contribution is -2.19. The highest BCUT2D eigenvalue weighted by Crippen LogP contribution is 2.23. The zero-order valence-electron chi connectivity index (χ0n) is 12.6. The van der Waals surface area contributed by atoms with Crippen molar-refractivity contribution in [1.29, 1.82) is 0 Å². The van der Waals surface area contributed by atoms with Gasteiger partial charge in [0, 0.05) is 18.4 Å². The number of likely N-dealkylation sites (tertiary alicyclic amines) is 1. The molecule has 0 bridgehead atoms. The monoisotopic (exact) mass is 281 g/mol. The van der Waals surface area contributed by atoms with Crippen molar-refractivity contribution in [2.24, 2.45) is 0 Å². The summed E-state index contributed by atoms with van der Waals surface area (Å²) in [6.07, 6.45) is 4.52. The number of rotatable bonds is 5. The topological polar surface area (TPSA) is 28.2 Å². The summed E-state index contributed by atoms with van der Waals surface area (Å²) >= 11 is 0. The molecule has 3 rings (SSSR count). The first-order valence-corrected chi connectivity index (χ1v) is 7.80. The maximum absolute atomic E-state index is 4.43. The second-order valence-corrected chi connectivity index (χ2v) is 5.76. The number of hydrogen-bond acceptors (Lipinski definition) is 3. The first kappa shape index (κ1) is 14.1. The van der Waals surface area contributed by atoms with E-state index in [2.05, 4.69) is 52.5 Å². The van der Waals surface area contributed by atoms with E-state index in [4.69, 9.17) is 0 Å². The molecule has 1 atom stereocenters. The van der Waals surface area contributed by atoms with Gasteiger partial charge in [-0.25, -0.2) is 0 Å². The van der Waals surface area contributed by atoms with Crippen molar-refractivity contribution in [1.82, 2.24) is 9.88 Å². The molecule has 0 aliphatic carbocycles. The Hall–Kier alpha value is -1.87. The Kier molecular flexibility index (Phi) is 4.51. The van der Waals surface area contributed by atoms with Crippen molar-refractivity contribution in [2.45, 2.75) is 32.4 Å². The molecule has 0 spiro atoms. The molecule has 0 amide bonds. The fourth-order valence-corrected chi connectivity index (χ4v) is 2.92. The molecule has 21 heavy (non-hydrogen) atoms. The van der Waals surface area contributed by atoms with Gasteiger partial charge in [-0.05, 0) is 56.6 Å². The molecule has 2 heterocycles. The fourth-order valence-electron chi connectivity index (χ4n) is 2.92. The Morgan fingerprint density at radius 3 is 2.62 bits per heavy atom. The fraction of sp³-hybridized carbons (Fsp3) is 0.389. The molecule has 1 aromatic carbocycles. The molecular weight excluding hydrogens is 258 g/mol. The molecule has 2 aromatic rings. The third-order valence-corrected chi connectivity index (χ3v) is 4.11. The van der Waals surface area contributed by atoms with Gasteiger partial charge in [0.25, 0.3) is 0 Å². The molecule has 1 aliphatic heterocycles. The van der Waals surface area contributed by atoms with E-state index >= 15 is 0 Å². The second-order valence-electron chi connectivity index (χ2n) is 5.76. The molecule has 1 aromatic heterocycles. The summed E-state index contributed by atoms with van der Waals surface area (Å²) in [5.41, 5.74) is 3.68. The lowest BCUT2D eigenvalue weighted by molar-refractivity contribution is 0.332. The van der Waals surface area contributed by atoms with Crippen molar-refractivity contribution in [3.63, 3.8) is 0 Å². The SMILES string of the molecule is CC(Nc1ccccc1CN1CCCC1)c1ccccn1. The Morgan fingerprint density at radius 2 is 1.86 bits per heavy atom. The van der Waals surface area contributed by atoms with Gasteiger partial charge in [-0.15, -0.1) is 0 Å². The maximum Gasteiger partial charge on any atom is 0.0657 e. The van der Waals surface area contributed by atoms with E-state index in [1.165, 1.54) is 37.2 Å². The van der Waals surface area contributed by atoms with Crippen LogP contribution in [-0.4, -0.2) is 23.0 Å². The molecule has 0 radical (unpaired) electrons. The minimum Gasteiger partial charge on any atom is -0.377 e. The van der Waals surface area contributed by atoms with Gasteiger partial charge in [0.1, 0.15) is 0 Å². The molecule has 1 saturated heterocycles. The summed E-state index contributed by atoms with van der Waals surface area (Å²) in [4.78, 5) is 6.97. The Morgan fingerprint density at radius 1 is 1.10 bits per heavy atom. The minimum absolute atomic E-state index is 0.214. The number of anilines is 1. The molecule has 1 unspecified atom stereocenters. The zero-order chi connectivity index (χ0) is 14.5. The number of nitrogens with one attached hydrogen (secondary N) is 1. The molecule has 3 nitrogen and oxygen atoms in total. The zero-order valence-corrected chi connectivity index (χ0v) is 12.6. The Labute approximate surface area is 127 Å². The number of hydrogen-bond donors (Lipinski definition) is 1. The van der Waals surface area contributed by atoms with Crippen LogP contribution in [-0.2, 0) is 6.54 Å². The van der Waals surface area contributed by atoms with Crippen LogP contribution in [0.25, 0.3) is 0 Å². The van der Waals surface area contributed by atoms with Crippen molar-refractivity contribution >= 4 is 5.69 Å². The van der Waals surface area contributed by atoms with Crippen LogP contribution < -0.4 is 5.32 Å². The Bertz CT molecular complexity index is 562. The van der Waals surface area contributed by atoms with E-state index in [1.54, 1.807) is 0 Å². The van der Waals surface area contributed by atoms with E-state index < -0.39 is 0 Å². The summed E-state index contributed by atoms with van der Waals surface area (Å²) in [7, 11) is 0. The van der Waals surface area contributed by atoms with Gasteiger partial charge < -0.3 is 5.32 Å². The average Bonchev–Trinajstić information content (AvgIpc) is 3.03. The van der Waals surface area contributed by atoms with Gasteiger partial charge in [-0.1, -0.05) is 24.3 Å². The average molecular weight is 281 g/mol. The van der Waals surface area contributed by atoms with Crippen LogP contribution in [0.5, 0.6) is 0 Å². The molecule has 3 heteroatoms. The highest BCUT2D eigenvalue weighted by molar-refractivity contribution is 5.52. The first-order valence-electron chi connectivity index (χ1n) is 7.80. The van der Waals surface area contributed by atoms with Crippen LogP contribution in [0.15, 0.2) is 48.7 Å². The summed E-state index contributed by atoms with van der Waals surface area (Å²) in [5.74, 6) is 0. The van der Waals surface area contributed by atoms with Gasteiger partial charge in [0.15, 0.2) is 0 Å². The van der Waals surface area contributed by atoms with Crippen LogP contribution >= 0.6 is 0 Å². The minimum atomic E-state index is 0.214. The van der Waals surface area contributed by atoms with E-state index in [0.29, 0.717) is 0 Å². The van der Waals surface area contributed by atoms with E-state index in [0.717, 1.165) is 12.2 Å². The summed E-state index contributed by atoms with van der Waals surface area (Å²) in [6.45, 7) is 5.65. The van der Waals surface area contributed by atoms with Crippen LogP contribution in [0.2, 0.25) is 0 Å². The predicted octanol–water partition coefficient (Wildman–Crippen LogP) is 3.85. The standard InChI is InChI=1S/C18H23N3/c1-15(17-9-4-5-11-19-17)20-18-10-3-2-8-16(18)14-21-12-6-7-13-21/h2-5,8-11,15,20H,6-7,12-14H2,1H3. The number of aromatic nitrogens is 1.